The molecule has 0 aromatic carbocycles. The lowest BCUT2D eigenvalue weighted by Gasteiger charge is -2.25. The van der Waals surface area contributed by atoms with Crippen LogP contribution in [0, 0.1) is 17.0 Å². The van der Waals surface area contributed by atoms with Crippen molar-refractivity contribution >= 4 is 23.3 Å². The van der Waals surface area contributed by atoms with Gasteiger partial charge in [-0.05, 0) is 25.5 Å². The van der Waals surface area contributed by atoms with E-state index in [1.807, 2.05) is 11.8 Å². The molecule has 0 N–H and O–H groups in total. The molecule has 0 spiro atoms. The topological polar surface area (TPSA) is 64.2 Å². The Kier molecular flexibility index (Phi) is 4.91. The number of nitro groups is 1. The van der Waals surface area contributed by atoms with Gasteiger partial charge in [0, 0.05) is 25.4 Å². The fraction of sp³-hybridized carbons (Fsp3) is 0.769. The lowest BCUT2D eigenvalue weighted by molar-refractivity contribution is -0.384. The maximum absolute atomic E-state index is 11.3. The van der Waals surface area contributed by atoms with E-state index in [0.29, 0.717) is 16.8 Å². The quantitative estimate of drug-likeness (QED) is 0.631. The van der Waals surface area contributed by atoms with Crippen LogP contribution >= 0.6 is 11.8 Å². The summed E-state index contributed by atoms with van der Waals surface area (Å²) in [5.74, 6) is 1.75. The van der Waals surface area contributed by atoms with E-state index in [1.54, 1.807) is 18.7 Å². The van der Waals surface area contributed by atoms with Gasteiger partial charge in [0.05, 0.1) is 4.92 Å². The minimum atomic E-state index is -0.301. The van der Waals surface area contributed by atoms with E-state index in [-0.39, 0.29) is 10.6 Å². The number of aromatic nitrogens is 2. The van der Waals surface area contributed by atoms with E-state index in [1.165, 1.54) is 12.8 Å². The second-order valence-corrected chi connectivity index (χ2v) is 6.73. The van der Waals surface area contributed by atoms with Gasteiger partial charge < -0.3 is 4.90 Å². The Morgan fingerprint density at radius 2 is 2.25 bits per heavy atom. The van der Waals surface area contributed by atoms with Gasteiger partial charge in [-0.1, -0.05) is 13.3 Å². The lowest BCUT2D eigenvalue weighted by atomic mass is 10.2. The molecule has 1 aromatic heterocycles. The molecule has 2 rings (SSSR count). The molecule has 0 saturated carbocycles. The molecule has 20 heavy (non-hydrogen) atoms. The summed E-state index contributed by atoms with van der Waals surface area (Å²) in [7, 11) is 1.79. The summed E-state index contributed by atoms with van der Waals surface area (Å²) in [6, 6.07) is 0. The predicted octanol–water partition coefficient (Wildman–Crippen LogP) is 2.75. The molecule has 0 bridgehead atoms. The molecule has 7 heteroatoms. The van der Waals surface area contributed by atoms with Gasteiger partial charge in [-0.25, -0.2) is 4.68 Å². The lowest BCUT2D eigenvalue weighted by Crippen LogP contribution is -2.31. The standard InChI is InChI=1S/C13H22N4O2S/c1-4-20-11-7-5-6-8-16(9-11)13-12(17(18)19)10(2)14-15(13)3/h11H,4-9H2,1-3H3. The molecule has 1 aromatic rings. The van der Waals surface area contributed by atoms with Crippen molar-refractivity contribution < 1.29 is 4.92 Å². The molecule has 2 heterocycles. The first kappa shape index (κ1) is 15.2. The highest BCUT2D eigenvalue weighted by molar-refractivity contribution is 7.99. The Morgan fingerprint density at radius 1 is 1.50 bits per heavy atom. The minimum Gasteiger partial charge on any atom is -0.350 e. The van der Waals surface area contributed by atoms with Gasteiger partial charge in [-0.3, -0.25) is 10.1 Å². The summed E-state index contributed by atoms with van der Waals surface area (Å²) >= 11 is 1.95. The molecule has 0 aliphatic carbocycles. The predicted molar refractivity (Wildman–Crippen MR) is 82.6 cm³/mol. The van der Waals surface area contributed by atoms with Gasteiger partial charge in [0.2, 0.25) is 5.82 Å². The number of aryl methyl sites for hydroxylation is 2. The Morgan fingerprint density at radius 3 is 2.90 bits per heavy atom. The smallest absolute Gasteiger partial charge is 0.333 e. The monoisotopic (exact) mass is 298 g/mol. The molecule has 1 saturated heterocycles. The first-order valence-electron chi connectivity index (χ1n) is 7.09. The van der Waals surface area contributed by atoms with Crippen LogP contribution in [0.4, 0.5) is 11.5 Å². The second kappa shape index (κ2) is 6.47. The number of thioether (sulfide) groups is 1. The molecule has 1 aliphatic rings. The van der Waals surface area contributed by atoms with Crippen LogP contribution in [0.5, 0.6) is 0 Å². The van der Waals surface area contributed by atoms with Crippen molar-refractivity contribution in [1.29, 1.82) is 0 Å². The van der Waals surface area contributed by atoms with Gasteiger partial charge in [-0.2, -0.15) is 16.9 Å². The summed E-state index contributed by atoms with van der Waals surface area (Å²) in [5, 5.41) is 16.1. The average molecular weight is 298 g/mol. The number of hydrogen-bond donors (Lipinski definition) is 0. The van der Waals surface area contributed by atoms with Gasteiger partial charge in [0.15, 0.2) is 0 Å². The van der Waals surface area contributed by atoms with Crippen molar-refractivity contribution in [3.8, 4) is 0 Å². The van der Waals surface area contributed by atoms with Crippen molar-refractivity contribution in [2.45, 2.75) is 38.4 Å². The molecule has 0 radical (unpaired) electrons. The normalized spacial score (nSPS) is 19.9. The Bertz CT molecular complexity index is 489. The number of nitrogens with zero attached hydrogens (tertiary/aromatic N) is 4. The van der Waals surface area contributed by atoms with E-state index in [0.717, 1.165) is 25.3 Å². The van der Waals surface area contributed by atoms with Crippen LogP contribution in [0.1, 0.15) is 31.9 Å². The summed E-state index contributed by atoms with van der Waals surface area (Å²) < 4.78 is 1.66. The Labute approximate surface area is 123 Å². The maximum atomic E-state index is 11.3. The number of hydrogen-bond acceptors (Lipinski definition) is 5. The molecule has 6 nitrogen and oxygen atoms in total. The minimum absolute atomic E-state index is 0.162. The van der Waals surface area contributed by atoms with E-state index >= 15 is 0 Å². The van der Waals surface area contributed by atoms with Crippen molar-refractivity contribution in [3.05, 3.63) is 15.8 Å². The number of anilines is 1. The zero-order chi connectivity index (χ0) is 14.7. The third-order valence-electron chi connectivity index (χ3n) is 3.67. The van der Waals surface area contributed by atoms with Crippen LogP contribution in [0.3, 0.4) is 0 Å². The highest BCUT2D eigenvalue weighted by atomic mass is 32.2. The fourth-order valence-corrected chi connectivity index (χ4v) is 3.96. The fourth-order valence-electron chi connectivity index (χ4n) is 2.87. The summed E-state index contributed by atoms with van der Waals surface area (Å²) in [4.78, 5) is 13.2. The van der Waals surface area contributed by atoms with Gasteiger partial charge in [0.25, 0.3) is 0 Å². The Hall–Kier alpha value is -1.24. The van der Waals surface area contributed by atoms with Crippen LogP contribution in [-0.2, 0) is 7.05 Å². The van der Waals surface area contributed by atoms with E-state index in [4.69, 9.17) is 0 Å². The van der Waals surface area contributed by atoms with Gasteiger partial charge >= 0.3 is 5.69 Å². The second-order valence-electron chi connectivity index (χ2n) is 5.16. The molecule has 1 aliphatic heterocycles. The highest BCUT2D eigenvalue weighted by Gasteiger charge is 2.30. The molecule has 1 atom stereocenters. The Balaban J connectivity index is 2.31. The summed E-state index contributed by atoms with van der Waals surface area (Å²) in [5.41, 5.74) is 0.658. The van der Waals surface area contributed by atoms with Crippen molar-refractivity contribution in [1.82, 2.24) is 9.78 Å². The van der Waals surface area contributed by atoms with Gasteiger partial charge in [0.1, 0.15) is 5.69 Å². The third kappa shape index (κ3) is 3.08. The van der Waals surface area contributed by atoms with E-state index in [9.17, 15) is 10.1 Å². The molecule has 0 amide bonds. The summed E-state index contributed by atoms with van der Waals surface area (Å²) in [6.45, 7) is 5.62. The largest absolute Gasteiger partial charge is 0.350 e. The van der Waals surface area contributed by atoms with Crippen LogP contribution in [0.15, 0.2) is 0 Å². The van der Waals surface area contributed by atoms with Crippen molar-refractivity contribution in [2.24, 2.45) is 7.05 Å². The first-order chi connectivity index (χ1) is 9.54. The van der Waals surface area contributed by atoms with E-state index < -0.39 is 0 Å². The van der Waals surface area contributed by atoms with Crippen LogP contribution in [0.2, 0.25) is 0 Å². The average Bonchev–Trinajstić information content (AvgIpc) is 2.56. The molecule has 112 valence electrons. The highest BCUT2D eigenvalue weighted by Crippen LogP contribution is 2.33. The van der Waals surface area contributed by atoms with Crippen LogP contribution in [-0.4, -0.2) is 38.8 Å². The van der Waals surface area contributed by atoms with E-state index in [2.05, 4.69) is 16.9 Å². The third-order valence-corrected chi connectivity index (χ3v) is 4.86. The van der Waals surface area contributed by atoms with Gasteiger partial charge in [-0.15, -0.1) is 0 Å². The molecule has 1 fully saturated rings. The number of rotatable bonds is 4. The molecular formula is C13H22N4O2S. The maximum Gasteiger partial charge on any atom is 0.333 e. The van der Waals surface area contributed by atoms with Crippen LogP contribution < -0.4 is 4.90 Å². The SMILES string of the molecule is CCSC1CCCCN(c2c([N+](=O)[O-])c(C)nn2C)C1. The van der Waals surface area contributed by atoms with Crippen molar-refractivity contribution in [3.63, 3.8) is 0 Å². The zero-order valence-corrected chi connectivity index (χ0v) is 13.2. The molecular weight excluding hydrogens is 276 g/mol. The van der Waals surface area contributed by atoms with Crippen LogP contribution in [0.25, 0.3) is 0 Å². The van der Waals surface area contributed by atoms with Crippen molar-refractivity contribution in [2.75, 3.05) is 23.7 Å². The summed E-state index contributed by atoms with van der Waals surface area (Å²) in [6.07, 6.45) is 3.47. The zero-order valence-electron chi connectivity index (χ0n) is 12.3. The molecule has 1 unspecified atom stereocenters. The first-order valence-corrected chi connectivity index (χ1v) is 8.14.